The second kappa shape index (κ2) is 4.83. The van der Waals surface area contributed by atoms with Crippen LogP contribution in [0.1, 0.15) is 39.0 Å². The second-order valence-corrected chi connectivity index (χ2v) is 4.04. The van der Waals surface area contributed by atoms with Crippen LogP contribution in [0.5, 0.6) is 0 Å². The number of methoxy groups -OCH3 is 1. The molecule has 0 radical (unpaired) electrons. The molecule has 1 aliphatic carbocycles. The first-order valence-corrected chi connectivity index (χ1v) is 5.01. The first kappa shape index (κ1) is 10.0. The van der Waals surface area contributed by atoms with Gasteiger partial charge in [-0.3, -0.25) is 0 Å². The zero-order valence-corrected chi connectivity index (χ0v) is 8.36. The standard InChI is InChI=1S/C10H21NO/c1-10(6-3-4-7-10)11-8-5-9-12-2/h11H,3-9H2,1-2H3. The summed E-state index contributed by atoms with van der Waals surface area (Å²) in [6.45, 7) is 4.32. The van der Waals surface area contributed by atoms with E-state index in [0.717, 1.165) is 19.6 Å². The number of nitrogens with one attached hydrogen (secondary N) is 1. The van der Waals surface area contributed by atoms with E-state index in [2.05, 4.69) is 12.2 Å². The molecule has 0 aliphatic heterocycles. The maximum atomic E-state index is 5.00. The minimum atomic E-state index is 0.438. The molecular formula is C10H21NO. The molecule has 0 aromatic carbocycles. The van der Waals surface area contributed by atoms with Crippen LogP contribution in [0.15, 0.2) is 0 Å². The molecule has 1 fully saturated rings. The Hall–Kier alpha value is -0.0800. The fourth-order valence-corrected chi connectivity index (χ4v) is 1.94. The average Bonchev–Trinajstić information content (AvgIpc) is 2.47. The molecular weight excluding hydrogens is 150 g/mol. The molecule has 12 heavy (non-hydrogen) atoms. The summed E-state index contributed by atoms with van der Waals surface area (Å²) < 4.78 is 5.00. The van der Waals surface area contributed by atoms with Crippen LogP contribution in [0.3, 0.4) is 0 Å². The Morgan fingerprint density at radius 3 is 2.58 bits per heavy atom. The maximum absolute atomic E-state index is 5.00. The van der Waals surface area contributed by atoms with Crippen molar-refractivity contribution in [2.24, 2.45) is 0 Å². The van der Waals surface area contributed by atoms with Crippen LogP contribution >= 0.6 is 0 Å². The lowest BCUT2D eigenvalue weighted by atomic mass is 10.0. The molecule has 0 spiro atoms. The van der Waals surface area contributed by atoms with E-state index in [4.69, 9.17) is 4.74 Å². The van der Waals surface area contributed by atoms with Gasteiger partial charge in [0.25, 0.3) is 0 Å². The fourth-order valence-electron chi connectivity index (χ4n) is 1.94. The van der Waals surface area contributed by atoms with Gasteiger partial charge in [0.15, 0.2) is 0 Å². The van der Waals surface area contributed by atoms with Crippen molar-refractivity contribution in [1.29, 1.82) is 0 Å². The van der Waals surface area contributed by atoms with E-state index in [1.807, 2.05) is 0 Å². The Kier molecular flexibility index (Phi) is 4.02. The van der Waals surface area contributed by atoms with Crippen LogP contribution in [0, 0.1) is 0 Å². The van der Waals surface area contributed by atoms with Gasteiger partial charge in [-0.1, -0.05) is 12.8 Å². The van der Waals surface area contributed by atoms with E-state index in [0.29, 0.717) is 5.54 Å². The number of hydrogen-bond donors (Lipinski definition) is 1. The summed E-state index contributed by atoms with van der Waals surface area (Å²) in [5.41, 5.74) is 0.438. The summed E-state index contributed by atoms with van der Waals surface area (Å²) in [6, 6.07) is 0. The third-order valence-corrected chi connectivity index (χ3v) is 2.78. The molecule has 0 aromatic heterocycles. The predicted molar refractivity (Wildman–Crippen MR) is 51.4 cm³/mol. The van der Waals surface area contributed by atoms with Gasteiger partial charge >= 0.3 is 0 Å². The lowest BCUT2D eigenvalue weighted by Crippen LogP contribution is -2.40. The zero-order chi connectivity index (χ0) is 8.86. The molecule has 2 heteroatoms. The molecule has 0 amide bonds. The van der Waals surface area contributed by atoms with Crippen LogP contribution in [-0.4, -0.2) is 25.8 Å². The van der Waals surface area contributed by atoms with E-state index in [1.54, 1.807) is 7.11 Å². The van der Waals surface area contributed by atoms with E-state index in [9.17, 15) is 0 Å². The quantitative estimate of drug-likeness (QED) is 0.638. The van der Waals surface area contributed by atoms with Gasteiger partial charge in [-0.25, -0.2) is 0 Å². The largest absolute Gasteiger partial charge is 0.385 e. The number of ether oxygens (including phenoxy) is 1. The van der Waals surface area contributed by atoms with Crippen LogP contribution in [0.25, 0.3) is 0 Å². The van der Waals surface area contributed by atoms with E-state index >= 15 is 0 Å². The Balaban J connectivity index is 2.05. The van der Waals surface area contributed by atoms with Gasteiger partial charge in [-0.15, -0.1) is 0 Å². The van der Waals surface area contributed by atoms with Crippen LogP contribution < -0.4 is 5.32 Å². The van der Waals surface area contributed by atoms with Crippen LogP contribution in [0.2, 0.25) is 0 Å². The molecule has 1 rings (SSSR count). The van der Waals surface area contributed by atoms with E-state index < -0.39 is 0 Å². The average molecular weight is 171 g/mol. The summed E-state index contributed by atoms with van der Waals surface area (Å²) in [7, 11) is 1.76. The van der Waals surface area contributed by atoms with Crippen molar-refractivity contribution in [2.75, 3.05) is 20.3 Å². The number of hydrogen-bond acceptors (Lipinski definition) is 2. The first-order chi connectivity index (χ1) is 5.77. The summed E-state index contributed by atoms with van der Waals surface area (Å²) in [4.78, 5) is 0. The summed E-state index contributed by atoms with van der Waals surface area (Å²) in [5.74, 6) is 0. The maximum Gasteiger partial charge on any atom is 0.0474 e. The van der Waals surface area contributed by atoms with Gasteiger partial charge in [-0.2, -0.15) is 0 Å². The van der Waals surface area contributed by atoms with Crippen molar-refractivity contribution in [3.05, 3.63) is 0 Å². The van der Waals surface area contributed by atoms with Crippen molar-refractivity contribution in [2.45, 2.75) is 44.6 Å². The minimum absolute atomic E-state index is 0.438. The smallest absolute Gasteiger partial charge is 0.0474 e. The van der Waals surface area contributed by atoms with Crippen LogP contribution in [-0.2, 0) is 4.74 Å². The molecule has 0 aromatic rings. The highest BCUT2D eigenvalue weighted by Crippen LogP contribution is 2.28. The summed E-state index contributed by atoms with van der Waals surface area (Å²) in [5, 5.41) is 3.61. The Morgan fingerprint density at radius 2 is 2.00 bits per heavy atom. The molecule has 1 saturated carbocycles. The molecule has 2 nitrogen and oxygen atoms in total. The van der Waals surface area contributed by atoms with Gasteiger partial charge in [-0.05, 0) is 32.7 Å². The minimum Gasteiger partial charge on any atom is -0.385 e. The topological polar surface area (TPSA) is 21.3 Å². The SMILES string of the molecule is COCCCNC1(C)CCCC1. The van der Waals surface area contributed by atoms with Crippen molar-refractivity contribution in [1.82, 2.24) is 5.32 Å². The molecule has 0 heterocycles. The molecule has 0 unspecified atom stereocenters. The van der Waals surface area contributed by atoms with Gasteiger partial charge in [0.2, 0.25) is 0 Å². The van der Waals surface area contributed by atoms with Gasteiger partial charge in [0.1, 0.15) is 0 Å². The molecule has 72 valence electrons. The highest BCUT2D eigenvalue weighted by molar-refractivity contribution is 4.87. The molecule has 0 saturated heterocycles. The Morgan fingerprint density at radius 1 is 1.33 bits per heavy atom. The highest BCUT2D eigenvalue weighted by atomic mass is 16.5. The highest BCUT2D eigenvalue weighted by Gasteiger charge is 2.26. The van der Waals surface area contributed by atoms with Crippen LogP contribution in [0.4, 0.5) is 0 Å². The summed E-state index contributed by atoms with van der Waals surface area (Å²) >= 11 is 0. The van der Waals surface area contributed by atoms with Crippen molar-refractivity contribution in [3.8, 4) is 0 Å². The van der Waals surface area contributed by atoms with Crippen molar-refractivity contribution >= 4 is 0 Å². The monoisotopic (exact) mass is 171 g/mol. The Labute approximate surface area is 75.7 Å². The second-order valence-electron chi connectivity index (χ2n) is 4.04. The lowest BCUT2D eigenvalue weighted by molar-refractivity contribution is 0.190. The third kappa shape index (κ3) is 3.11. The normalized spacial score (nSPS) is 21.5. The predicted octanol–water partition coefficient (Wildman–Crippen LogP) is 1.95. The summed E-state index contributed by atoms with van der Waals surface area (Å²) in [6.07, 6.45) is 6.62. The molecule has 0 atom stereocenters. The van der Waals surface area contributed by atoms with Gasteiger partial charge in [0, 0.05) is 19.3 Å². The fraction of sp³-hybridized carbons (Fsp3) is 1.00. The molecule has 0 bridgehead atoms. The van der Waals surface area contributed by atoms with Crippen molar-refractivity contribution in [3.63, 3.8) is 0 Å². The van der Waals surface area contributed by atoms with E-state index in [1.165, 1.54) is 25.7 Å². The van der Waals surface area contributed by atoms with Gasteiger partial charge < -0.3 is 10.1 Å². The van der Waals surface area contributed by atoms with E-state index in [-0.39, 0.29) is 0 Å². The Bertz CT molecular complexity index is 119. The third-order valence-electron chi connectivity index (χ3n) is 2.78. The number of rotatable bonds is 5. The first-order valence-electron chi connectivity index (χ1n) is 5.01. The molecule has 1 N–H and O–H groups in total. The molecule has 1 aliphatic rings. The van der Waals surface area contributed by atoms with Gasteiger partial charge in [0.05, 0.1) is 0 Å². The van der Waals surface area contributed by atoms with Crippen molar-refractivity contribution < 1.29 is 4.74 Å². The lowest BCUT2D eigenvalue weighted by Gasteiger charge is -2.25. The zero-order valence-electron chi connectivity index (χ0n) is 8.36.